The molecule has 0 amide bonds. The molecule has 10 heteroatoms. The van der Waals surface area contributed by atoms with Gasteiger partial charge in [-0.3, -0.25) is 19.4 Å². The lowest BCUT2D eigenvalue weighted by Gasteiger charge is -2.29. The van der Waals surface area contributed by atoms with Crippen LogP contribution >= 0.6 is 0 Å². The Morgan fingerprint density at radius 3 is 2.36 bits per heavy atom. The summed E-state index contributed by atoms with van der Waals surface area (Å²) < 4.78 is 17.0. The zero-order valence-corrected chi connectivity index (χ0v) is 25.4. The zero-order chi connectivity index (χ0) is 31.6. The lowest BCUT2D eigenvalue weighted by atomic mass is 10.0. The average molecular weight is 614 g/mol. The topological polar surface area (TPSA) is 121 Å². The second kappa shape index (κ2) is 15.5. The van der Waals surface area contributed by atoms with Crippen LogP contribution in [-0.2, 0) is 27.4 Å². The maximum Gasteiger partial charge on any atom is 0.352 e. The highest BCUT2D eigenvalue weighted by molar-refractivity contribution is 6.11. The molecule has 0 aliphatic carbocycles. The molecule has 1 atom stereocenters. The molecule has 0 saturated carbocycles. The van der Waals surface area contributed by atoms with Crippen molar-refractivity contribution in [2.75, 3.05) is 46.0 Å². The quantitative estimate of drug-likeness (QED) is 0.144. The number of aromatic amines is 1. The number of rotatable bonds is 15. The fraction of sp³-hybridized carbons (Fsp3) is 0.343. The summed E-state index contributed by atoms with van der Waals surface area (Å²) in [7, 11) is 0. The molecule has 1 aliphatic rings. The van der Waals surface area contributed by atoms with Crippen molar-refractivity contribution in [3.63, 3.8) is 0 Å². The lowest BCUT2D eigenvalue weighted by Crippen LogP contribution is -2.40. The highest BCUT2D eigenvalue weighted by Gasteiger charge is 2.25. The molecule has 2 heterocycles. The molecule has 3 aromatic carbocycles. The minimum atomic E-state index is -1.13. The molecule has 5 rings (SSSR count). The number of morpholine rings is 1. The number of nitrogens with one attached hydrogen (secondary N) is 1. The van der Waals surface area contributed by atoms with Crippen molar-refractivity contribution in [3.8, 4) is 5.75 Å². The first-order chi connectivity index (χ1) is 21.9. The summed E-state index contributed by atoms with van der Waals surface area (Å²) in [5.41, 5.74) is 2.74. The number of hydrogen-bond donors (Lipinski definition) is 2. The fourth-order valence-corrected chi connectivity index (χ4v) is 5.41. The van der Waals surface area contributed by atoms with E-state index in [1.165, 1.54) is 6.07 Å². The number of H-pyrrole nitrogens is 1. The van der Waals surface area contributed by atoms with Gasteiger partial charge in [0.1, 0.15) is 24.7 Å². The van der Waals surface area contributed by atoms with Crippen LogP contribution in [0.4, 0.5) is 0 Å². The van der Waals surface area contributed by atoms with E-state index in [2.05, 4.69) is 9.88 Å². The maximum atomic E-state index is 13.9. The van der Waals surface area contributed by atoms with E-state index in [4.69, 9.17) is 14.2 Å². The van der Waals surface area contributed by atoms with E-state index in [9.17, 15) is 19.5 Å². The first-order valence-electron chi connectivity index (χ1n) is 15.2. The van der Waals surface area contributed by atoms with Gasteiger partial charge in [-0.15, -0.1) is 0 Å². The van der Waals surface area contributed by atoms with Gasteiger partial charge in [0.15, 0.2) is 5.78 Å². The number of aromatic nitrogens is 1. The molecular formula is C35H39N3O7. The highest BCUT2D eigenvalue weighted by Crippen LogP contribution is 2.31. The van der Waals surface area contributed by atoms with Crippen LogP contribution in [0.25, 0.3) is 10.9 Å². The van der Waals surface area contributed by atoms with Crippen molar-refractivity contribution < 1.29 is 33.7 Å². The second-order valence-electron chi connectivity index (χ2n) is 11.2. The number of ketones is 1. The third kappa shape index (κ3) is 8.78. The summed E-state index contributed by atoms with van der Waals surface area (Å²) in [6.45, 7) is 6.64. The van der Waals surface area contributed by atoms with Crippen molar-refractivity contribution in [3.05, 3.63) is 101 Å². The van der Waals surface area contributed by atoms with Gasteiger partial charge in [0.25, 0.3) is 0 Å². The van der Waals surface area contributed by atoms with E-state index in [1.807, 2.05) is 72.5 Å². The molecule has 1 aliphatic heterocycles. The Bertz CT molecular complexity index is 1580. The summed E-state index contributed by atoms with van der Waals surface area (Å²) in [6.07, 6.45) is 0.123. The third-order valence-corrected chi connectivity index (χ3v) is 7.96. The molecule has 236 valence electrons. The molecule has 4 aromatic rings. The predicted molar refractivity (Wildman–Crippen MR) is 170 cm³/mol. The molecule has 0 spiro atoms. The number of Topliss-reactive ketones (excluding diaryl/α,β-unsaturated/α-hetero) is 1. The van der Waals surface area contributed by atoms with Crippen LogP contribution in [0.15, 0.2) is 78.9 Å². The number of ether oxygens (including phenoxy) is 3. The number of esters is 1. The van der Waals surface area contributed by atoms with Gasteiger partial charge in [-0.05, 0) is 36.2 Å². The van der Waals surface area contributed by atoms with Crippen LogP contribution in [0.2, 0.25) is 0 Å². The Morgan fingerprint density at radius 2 is 1.67 bits per heavy atom. The third-order valence-electron chi connectivity index (χ3n) is 7.96. The molecule has 0 bridgehead atoms. The number of hydrogen-bond acceptors (Lipinski definition) is 8. The molecular weight excluding hydrogens is 574 g/mol. The largest absolute Gasteiger partial charge is 0.487 e. The molecule has 1 fully saturated rings. The van der Waals surface area contributed by atoms with E-state index in [0.717, 1.165) is 24.2 Å². The summed E-state index contributed by atoms with van der Waals surface area (Å²) in [5.74, 6) is -1.20. The fourth-order valence-electron chi connectivity index (χ4n) is 5.41. The van der Waals surface area contributed by atoms with E-state index in [1.54, 1.807) is 12.1 Å². The summed E-state index contributed by atoms with van der Waals surface area (Å²) >= 11 is 0. The van der Waals surface area contributed by atoms with Gasteiger partial charge >= 0.3 is 11.9 Å². The molecule has 2 N–H and O–H groups in total. The number of aromatic carboxylic acids is 1. The number of carbonyl (C=O) groups is 3. The smallest absolute Gasteiger partial charge is 0.352 e. The van der Waals surface area contributed by atoms with E-state index >= 15 is 0 Å². The van der Waals surface area contributed by atoms with Crippen molar-refractivity contribution in [2.24, 2.45) is 0 Å². The van der Waals surface area contributed by atoms with Gasteiger partial charge in [-0.25, -0.2) is 4.79 Å². The Hall–Kier alpha value is -4.51. The predicted octanol–water partition coefficient (Wildman–Crippen LogP) is 4.78. The van der Waals surface area contributed by atoms with Crippen LogP contribution in [0.5, 0.6) is 5.75 Å². The zero-order valence-electron chi connectivity index (χ0n) is 25.4. The Morgan fingerprint density at radius 1 is 0.978 bits per heavy atom. The normalized spacial score (nSPS) is 14.4. The molecule has 1 unspecified atom stereocenters. The van der Waals surface area contributed by atoms with Crippen molar-refractivity contribution in [1.29, 1.82) is 0 Å². The SMILES string of the molecule is CC(CC(=O)OCCN1CCOCC1)N(CC(=O)c1ccc(OCc2ccccc2)c2[nH]c(C(=O)O)cc12)Cc1ccccc1. The number of carboxylic acid groups (broad SMARTS) is 1. The monoisotopic (exact) mass is 613 g/mol. The molecule has 0 radical (unpaired) electrons. The summed E-state index contributed by atoms with van der Waals surface area (Å²) in [5, 5.41) is 10.2. The average Bonchev–Trinajstić information content (AvgIpc) is 3.51. The first kappa shape index (κ1) is 31.9. The maximum absolute atomic E-state index is 13.9. The van der Waals surface area contributed by atoms with Gasteiger partial charge in [-0.1, -0.05) is 60.7 Å². The van der Waals surface area contributed by atoms with Crippen LogP contribution in [-0.4, -0.2) is 89.7 Å². The number of carbonyl (C=O) groups excluding carboxylic acids is 2. The summed E-state index contributed by atoms with van der Waals surface area (Å²) in [6, 6.07) is 23.9. The van der Waals surface area contributed by atoms with Gasteiger partial charge < -0.3 is 24.3 Å². The molecule has 1 saturated heterocycles. The molecule has 45 heavy (non-hydrogen) atoms. The number of benzene rings is 3. The van der Waals surface area contributed by atoms with Crippen molar-refractivity contribution in [1.82, 2.24) is 14.8 Å². The van der Waals surface area contributed by atoms with Gasteiger partial charge in [-0.2, -0.15) is 0 Å². The van der Waals surface area contributed by atoms with Crippen LogP contribution in [0.3, 0.4) is 0 Å². The van der Waals surface area contributed by atoms with Crippen LogP contribution < -0.4 is 4.74 Å². The minimum absolute atomic E-state index is 0.0179. The Balaban J connectivity index is 1.31. The Labute approximate surface area is 262 Å². The molecule has 10 nitrogen and oxygen atoms in total. The van der Waals surface area contributed by atoms with Crippen molar-refractivity contribution in [2.45, 2.75) is 32.5 Å². The standard InChI is InChI=1S/C35H39N3O7/c1-25(20-33(40)44-19-16-37-14-17-43-18-15-37)38(22-26-8-4-2-5-9-26)23-31(39)28-12-13-32(45-24-27-10-6-3-7-11-27)34-29(28)21-30(36-34)35(41)42/h2-13,21,25,36H,14-20,22-24H2,1H3,(H,41,42). The van der Waals surface area contributed by atoms with E-state index < -0.39 is 5.97 Å². The van der Waals surface area contributed by atoms with Crippen molar-refractivity contribution >= 4 is 28.6 Å². The second-order valence-corrected chi connectivity index (χ2v) is 11.2. The van der Waals surface area contributed by atoms with Gasteiger partial charge in [0.05, 0.1) is 31.7 Å². The number of nitrogens with zero attached hydrogens (tertiary/aromatic N) is 2. The first-order valence-corrected chi connectivity index (χ1v) is 15.2. The molecule has 1 aromatic heterocycles. The van der Waals surface area contributed by atoms with Crippen LogP contribution in [0, 0.1) is 0 Å². The van der Waals surface area contributed by atoms with E-state index in [0.29, 0.717) is 55.1 Å². The van der Waals surface area contributed by atoms with Crippen LogP contribution in [0.1, 0.15) is 45.3 Å². The number of carboxylic acids is 1. The minimum Gasteiger partial charge on any atom is -0.487 e. The van der Waals surface area contributed by atoms with Gasteiger partial charge in [0, 0.05) is 43.2 Å². The number of fused-ring (bicyclic) bond motifs is 1. The summed E-state index contributed by atoms with van der Waals surface area (Å²) in [4.78, 5) is 45.6. The highest BCUT2D eigenvalue weighted by atomic mass is 16.5. The lowest BCUT2D eigenvalue weighted by molar-refractivity contribution is -0.145. The van der Waals surface area contributed by atoms with Gasteiger partial charge in [0.2, 0.25) is 0 Å². The van der Waals surface area contributed by atoms with E-state index in [-0.39, 0.29) is 43.1 Å². The Kier molecular flexibility index (Phi) is 11.0.